The Morgan fingerprint density at radius 1 is 1.15 bits per heavy atom. The first-order valence-corrected chi connectivity index (χ1v) is 10.0. The number of methoxy groups -OCH3 is 1. The summed E-state index contributed by atoms with van der Waals surface area (Å²) < 4.78 is 16.8. The molecule has 7 heteroatoms. The van der Waals surface area contributed by atoms with E-state index in [9.17, 15) is 9.59 Å². The van der Waals surface area contributed by atoms with Crippen molar-refractivity contribution >= 4 is 11.9 Å². The van der Waals surface area contributed by atoms with Gasteiger partial charge in [0.1, 0.15) is 6.04 Å². The van der Waals surface area contributed by atoms with Gasteiger partial charge in [-0.25, -0.2) is 0 Å². The van der Waals surface area contributed by atoms with Crippen molar-refractivity contribution in [3.63, 3.8) is 0 Å². The Kier molecular flexibility index (Phi) is 5.47. The number of likely N-dealkylation sites (tertiary alicyclic amines) is 1. The van der Waals surface area contributed by atoms with E-state index in [1.807, 2.05) is 0 Å². The molecule has 0 radical (unpaired) electrons. The molecule has 1 saturated carbocycles. The number of hydrogen-bond donors (Lipinski definition) is 1. The molecule has 6 atom stereocenters. The summed E-state index contributed by atoms with van der Waals surface area (Å²) >= 11 is 0. The van der Waals surface area contributed by atoms with Gasteiger partial charge >= 0.3 is 5.97 Å². The molecule has 0 aromatic rings. The first kappa shape index (κ1) is 18.2. The number of rotatable bonds is 5. The van der Waals surface area contributed by atoms with Crippen molar-refractivity contribution in [1.82, 2.24) is 10.2 Å². The van der Waals surface area contributed by atoms with E-state index >= 15 is 0 Å². The highest BCUT2D eigenvalue weighted by atomic mass is 16.5. The maximum atomic E-state index is 12.6. The third-order valence-electron chi connectivity index (χ3n) is 6.51. The van der Waals surface area contributed by atoms with Crippen molar-refractivity contribution in [2.45, 2.75) is 75.3 Å². The average molecular weight is 366 g/mol. The van der Waals surface area contributed by atoms with Gasteiger partial charge in [-0.3, -0.25) is 14.5 Å². The second-order valence-corrected chi connectivity index (χ2v) is 8.04. The van der Waals surface area contributed by atoms with Gasteiger partial charge in [0.25, 0.3) is 0 Å². The number of carbonyl (C=O) groups is 2. The lowest BCUT2D eigenvalue weighted by Crippen LogP contribution is -2.50. The quantitative estimate of drug-likeness (QED) is 0.727. The summed E-state index contributed by atoms with van der Waals surface area (Å²) in [6, 6.07) is -0.232. The van der Waals surface area contributed by atoms with Crippen LogP contribution in [0.4, 0.5) is 0 Å². The molecule has 6 unspecified atom stereocenters. The van der Waals surface area contributed by atoms with Gasteiger partial charge < -0.3 is 19.5 Å². The van der Waals surface area contributed by atoms with Crippen LogP contribution in [0, 0.1) is 5.92 Å². The molecule has 1 N–H and O–H groups in total. The molecule has 1 amide bonds. The Morgan fingerprint density at radius 3 is 2.77 bits per heavy atom. The van der Waals surface area contributed by atoms with E-state index in [-0.39, 0.29) is 48.8 Å². The molecule has 146 valence electrons. The van der Waals surface area contributed by atoms with Crippen LogP contribution in [-0.2, 0) is 23.8 Å². The molecule has 3 heterocycles. The number of amides is 1. The topological polar surface area (TPSA) is 77.1 Å². The molecule has 0 aromatic carbocycles. The molecule has 3 saturated heterocycles. The van der Waals surface area contributed by atoms with Crippen LogP contribution in [0.1, 0.15) is 44.9 Å². The zero-order chi connectivity index (χ0) is 18.1. The number of fused-ring (bicyclic) bond motifs is 3. The predicted octanol–water partition coefficient (Wildman–Crippen LogP) is 0.855. The Morgan fingerprint density at radius 2 is 2.00 bits per heavy atom. The van der Waals surface area contributed by atoms with Gasteiger partial charge in [0.05, 0.1) is 32.0 Å². The summed E-state index contributed by atoms with van der Waals surface area (Å²) in [7, 11) is 1.41. The monoisotopic (exact) mass is 366 g/mol. The first-order chi connectivity index (χ1) is 12.7. The van der Waals surface area contributed by atoms with Crippen molar-refractivity contribution < 1.29 is 23.8 Å². The lowest BCUT2D eigenvalue weighted by molar-refractivity contribution is -0.147. The maximum absolute atomic E-state index is 12.6. The van der Waals surface area contributed by atoms with Crippen molar-refractivity contribution in [3.05, 3.63) is 0 Å². The van der Waals surface area contributed by atoms with E-state index in [4.69, 9.17) is 14.2 Å². The minimum absolute atomic E-state index is 0.0400. The summed E-state index contributed by atoms with van der Waals surface area (Å²) in [6.07, 6.45) is 7.76. The van der Waals surface area contributed by atoms with Gasteiger partial charge in [0.2, 0.25) is 5.91 Å². The van der Waals surface area contributed by atoms with E-state index < -0.39 is 0 Å². The van der Waals surface area contributed by atoms with Crippen LogP contribution in [0.5, 0.6) is 0 Å². The molecule has 4 rings (SSSR count). The van der Waals surface area contributed by atoms with Crippen LogP contribution in [0.15, 0.2) is 0 Å². The van der Waals surface area contributed by atoms with E-state index in [1.54, 1.807) is 0 Å². The molecule has 26 heavy (non-hydrogen) atoms. The molecular formula is C19H30N2O5. The van der Waals surface area contributed by atoms with E-state index in [1.165, 1.54) is 20.0 Å². The fourth-order valence-corrected chi connectivity index (χ4v) is 5.32. The number of carbonyl (C=O) groups excluding carboxylic acids is 2. The normalized spacial score (nSPS) is 39.4. The highest BCUT2D eigenvalue weighted by Crippen LogP contribution is 2.46. The molecular weight excluding hydrogens is 336 g/mol. The van der Waals surface area contributed by atoms with Crippen LogP contribution in [0.2, 0.25) is 0 Å². The molecule has 3 aliphatic heterocycles. The Hall–Kier alpha value is -1.18. The van der Waals surface area contributed by atoms with Crippen LogP contribution >= 0.6 is 0 Å². The van der Waals surface area contributed by atoms with Crippen molar-refractivity contribution in [2.75, 3.05) is 26.8 Å². The van der Waals surface area contributed by atoms with Crippen LogP contribution in [-0.4, -0.2) is 74.0 Å². The van der Waals surface area contributed by atoms with E-state index in [0.29, 0.717) is 18.9 Å². The highest BCUT2D eigenvalue weighted by molar-refractivity contribution is 5.81. The summed E-state index contributed by atoms with van der Waals surface area (Å²) in [4.78, 5) is 26.9. The third-order valence-corrected chi connectivity index (χ3v) is 6.51. The zero-order valence-electron chi connectivity index (χ0n) is 15.5. The molecule has 0 aromatic heterocycles. The standard InChI is InChI=1S/C19H30N2O5/c1-24-19(23)14-9-16-18(13-6-2-3-7-15(13)26-16)21(14)11-17(22)20-10-12-5-4-8-25-12/h12-16,18H,2-11H2,1H3,(H,20,22). The fraction of sp³-hybridized carbons (Fsp3) is 0.895. The van der Waals surface area contributed by atoms with E-state index in [0.717, 1.165) is 32.3 Å². The molecule has 1 aliphatic carbocycles. The summed E-state index contributed by atoms with van der Waals surface area (Å²) in [6.45, 7) is 1.55. The van der Waals surface area contributed by atoms with Gasteiger partial charge in [-0.05, 0) is 25.7 Å². The molecule has 4 fully saturated rings. The number of hydrogen-bond acceptors (Lipinski definition) is 6. The van der Waals surface area contributed by atoms with Gasteiger partial charge in [0, 0.05) is 31.5 Å². The first-order valence-electron chi connectivity index (χ1n) is 10.0. The Balaban J connectivity index is 1.42. The fourth-order valence-electron chi connectivity index (χ4n) is 5.32. The SMILES string of the molecule is COC(=O)C1CC2OC3CCCCC3C2N1CC(=O)NCC1CCCO1. The Bertz CT molecular complexity index is 536. The van der Waals surface area contributed by atoms with Crippen molar-refractivity contribution in [3.8, 4) is 0 Å². The van der Waals surface area contributed by atoms with Gasteiger partial charge in [0.15, 0.2) is 0 Å². The molecule has 0 bridgehead atoms. The number of nitrogens with one attached hydrogen (secondary N) is 1. The summed E-state index contributed by atoms with van der Waals surface area (Å²) in [5, 5.41) is 2.98. The lowest BCUT2D eigenvalue weighted by Gasteiger charge is -2.34. The van der Waals surface area contributed by atoms with Crippen molar-refractivity contribution in [1.29, 1.82) is 0 Å². The minimum Gasteiger partial charge on any atom is -0.468 e. The summed E-state index contributed by atoms with van der Waals surface area (Å²) in [5.74, 6) is 0.117. The minimum atomic E-state index is -0.383. The smallest absolute Gasteiger partial charge is 0.323 e. The zero-order valence-corrected chi connectivity index (χ0v) is 15.5. The molecule has 0 spiro atoms. The largest absolute Gasteiger partial charge is 0.468 e. The van der Waals surface area contributed by atoms with Gasteiger partial charge in [-0.1, -0.05) is 12.8 Å². The molecule has 4 aliphatic rings. The maximum Gasteiger partial charge on any atom is 0.323 e. The second kappa shape index (κ2) is 7.82. The lowest BCUT2D eigenvalue weighted by atomic mass is 9.82. The predicted molar refractivity (Wildman–Crippen MR) is 93.5 cm³/mol. The summed E-state index contributed by atoms with van der Waals surface area (Å²) in [5.41, 5.74) is 0. The number of nitrogens with zero attached hydrogens (tertiary/aromatic N) is 1. The number of esters is 1. The number of ether oxygens (including phenoxy) is 3. The second-order valence-electron chi connectivity index (χ2n) is 8.04. The Labute approximate surface area is 154 Å². The molecule has 7 nitrogen and oxygen atoms in total. The van der Waals surface area contributed by atoms with Gasteiger partial charge in [-0.2, -0.15) is 0 Å². The van der Waals surface area contributed by atoms with Gasteiger partial charge in [-0.15, -0.1) is 0 Å². The average Bonchev–Trinajstić information content (AvgIpc) is 3.35. The highest BCUT2D eigenvalue weighted by Gasteiger charge is 2.56. The van der Waals surface area contributed by atoms with Crippen molar-refractivity contribution in [2.24, 2.45) is 5.92 Å². The van der Waals surface area contributed by atoms with E-state index in [2.05, 4.69) is 10.2 Å². The van der Waals surface area contributed by atoms with Crippen LogP contribution < -0.4 is 5.32 Å². The van der Waals surface area contributed by atoms with Crippen LogP contribution in [0.3, 0.4) is 0 Å². The van der Waals surface area contributed by atoms with Crippen LogP contribution in [0.25, 0.3) is 0 Å². The third kappa shape index (κ3) is 3.49.